The van der Waals surface area contributed by atoms with Crippen molar-refractivity contribution >= 4 is 45.4 Å². The zero-order valence-electron chi connectivity index (χ0n) is 16.1. The minimum atomic E-state index is -0.516. The van der Waals surface area contributed by atoms with Gasteiger partial charge in [0, 0.05) is 11.9 Å². The Balaban J connectivity index is 1.61. The van der Waals surface area contributed by atoms with E-state index in [1.807, 2.05) is 24.3 Å². The third-order valence-electron chi connectivity index (χ3n) is 4.58. The first-order valence-corrected chi connectivity index (χ1v) is 10.3. The van der Waals surface area contributed by atoms with Crippen LogP contribution in [0.25, 0.3) is 22.1 Å². The summed E-state index contributed by atoms with van der Waals surface area (Å²) >= 11 is 1.20. The molecule has 6 nitrogen and oxygen atoms in total. The molecule has 0 spiro atoms. The number of aromatic nitrogens is 4. The fourth-order valence-electron chi connectivity index (χ4n) is 3.20. The second-order valence-electron chi connectivity index (χ2n) is 6.66. The lowest BCUT2D eigenvalue weighted by Crippen LogP contribution is -2.23. The lowest BCUT2D eigenvalue weighted by atomic mass is 10.2. The van der Waals surface area contributed by atoms with Crippen molar-refractivity contribution in [3.05, 3.63) is 54.3 Å². The second kappa shape index (κ2) is 8.16. The zero-order valence-corrected chi connectivity index (χ0v) is 16.9. The molecule has 4 rings (SSSR count). The van der Waals surface area contributed by atoms with E-state index in [9.17, 15) is 9.18 Å². The third kappa shape index (κ3) is 3.80. The van der Waals surface area contributed by atoms with Gasteiger partial charge in [-0.1, -0.05) is 49.0 Å². The Morgan fingerprint density at radius 2 is 1.93 bits per heavy atom. The number of hydrogen-bond acceptors (Lipinski definition) is 5. The van der Waals surface area contributed by atoms with E-state index in [4.69, 9.17) is 0 Å². The molecule has 0 saturated heterocycles. The first-order valence-electron chi connectivity index (χ1n) is 9.42. The highest BCUT2D eigenvalue weighted by atomic mass is 32.2. The van der Waals surface area contributed by atoms with Crippen LogP contribution in [0.4, 0.5) is 10.1 Å². The Bertz CT molecular complexity index is 1190. The largest absolute Gasteiger partial charge is 0.324 e. The summed E-state index contributed by atoms with van der Waals surface area (Å²) in [7, 11) is 0. The predicted octanol–water partition coefficient (Wildman–Crippen LogP) is 4.65. The predicted molar refractivity (Wildman–Crippen MR) is 113 cm³/mol. The molecule has 0 bridgehead atoms. The first-order chi connectivity index (χ1) is 14.1. The van der Waals surface area contributed by atoms with Gasteiger partial charge in [-0.2, -0.15) is 0 Å². The molecular weight excluding hydrogens is 389 g/mol. The zero-order chi connectivity index (χ0) is 20.4. The Morgan fingerprint density at radius 1 is 1.17 bits per heavy atom. The molecule has 1 unspecified atom stereocenters. The minimum Gasteiger partial charge on any atom is -0.324 e. The summed E-state index contributed by atoms with van der Waals surface area (Å²) in [4.78, 5) is 17.1. The average Bonchev–Trinajstić information content (AvgIpc) is 3.03. The normalized spacial score (nSPS) is 12.4. The molecule has 2 heterocycles. The highest BCUT2D eigenvalue weighted by Crippen LogP contribution is 2.28. The minimum absolute atomic E-state index is 0.155. The van der Waals surface area contributed by atoms with Crippen LogP contribution < -0.4 is 5.32 Å². The molecular formula is C21H20FN5OS. The number of amides is 1. The van der Waals surface area contributed by atoms with Gasteiger partial charge in [0.1, 0.15) is 11.3 Å². The van der Waals surface area contributed by atoms with Gasteiger partial charge in [-0.25, -0.2) is 9.37 Å². The van der Waals surface area contributed by atoms with E-state index < -0.39 is 11.1 Å². The number of nitrogens with one attached hydrogen (secondary N) is 1. The topological polar surface area (TPSA) is 72.7 Å². The molecule has 0 aliphatic rings. The smallest absolute Gasteiger partial charge is 0.237 e. The molecule has 0 radical (unpaired) electrons. The van der Waals surface area contributed by atoms with Gasteiger partial charge >= 0.3 is 0 Å². The van der Waals surface area contributed by atoms with Crippen molar-refractivity contribution in [2.45, 2.75) is 37.2 Å². The third-order valence-corrected chi connectivity index (χ3v) is 5.54. The number of nitrogens with zero attached hydrogens (tertiary/aromatic N) is 4. The SMILES string of the molecule is CCCn1c2ccccc2c2nnc(SC(C)C(=O)Nc3ccccc3F)nc21. The summed E-state index contributed by atoms with van der Waals surface area (Å²) in [6, 6.07) is 14.1. The van der Waals surface area contributed by atoms with Gasteiger partial charge in [0.05, 0.1) is 16.5 Å². The molecule has 1 atom stereocenters. The van der Waals surface area contributed by atoms with Crippen molar-refractivity contribution < 1.29 is 9.18 Å². The first kappa shape index (κ1) is 19.3. The van der Waals surface area contributed by atoms with Crippen LogP contribution in [0.1, 0.15) is 20.3 Å². The fourth-order valence-corrected chi connectivity index (χ4v) is 3.91. The summed E-state index contributed by atoms with van der Waals surface area (Å²) in [5, 5.41) is 12.1. The van der Waals surface area contributed by atoms with Gasteiger partial charge < -0.3 is 9.88 Å². The van der Waals surface area contributed by atoms with E-state index in [1.165, 1.54) is 23.9 Å². The quantitative estimate of drug-likeness (QED) is 0.470. The van der Waals surface area contributed by atoms with Gasteiger partial charge in [-0.15, -0.1) is 10.2 Å². The van der Waals surface area contributed by atoms with Crippen molar-refractivity contribution in [3.63, 3.8) is 0 Å². The number of carbonyl (C=O) groups is 1. The van der Waals surface area contributed by atoms with Crippen molar-refractivity contribution in [1.82, 2.24) is 19.7 Å². The summed E-state index contributed by atoms with van der Waals surface area (Å²) in [5.41, 5.74) is 2.73. The Hall–Kier alpha value is -3.00. The summed E-state index contributed by atoms with van der Waals surface area (Å²) in [5.74, 6) is -0.792. The Morgan fingerprint density at radius 3 is 2.72 bits per heavy atom. The number of rotatable bonds is 6. The summed E-state index contributed by atoms with van der Waals surface area (Å²) in [6.45, 7) is 4.66. The fraction of sp³-hybridized carbons (Fsp3) is 0.238. The molecule has 4 aromatic rings. The van der Waals surface area contributed by atoms with E-state index in [1.54, 1.807) is 19.1 Å². The van der Waals surface area contributed by atoms with Crippen molar-refractivity contribution in [2.75, 3.05) is 5.32 Å². The van der Waals surface area contributed by atoms with Crippen molar-refractivity contribution in [1.29, 1.82) is 0 Å². The van der Waals surface area contributed by atoms with Gasteiger partial charge in [0.2, 0.25) is 11.1 Å². The molecule has 1 N–H and O–H groups in total. The number of thioether (sulfide) groups is 1. The lowest BCUT2D eigenvalue weighted by molar-refractivity contribution is -0.115. The second-order valence-corrected chi connectivity index (χ2v) is 7.97. The average molecular weight is 409 g/mol. The molecule has 0 saturated carbocycles. The van der Waals surface area contributed by atoms with Crippen LogP contribution in [0.2, 0.25) is 0 Å². The number of anilines is 1. The highest BCUT2D eigenvalue weighted by molar-refractivity contribution is 8.00. The molecule has 0 aliphatic heterocycles. The number of para-hydroxylation sites is 2. The highest BCUT2D eigenvalue weighted by Gasteiger charge is 2.20. The van der Waals surface area contributed by atoms with Gasteiger partial charge in [-0.05, 0) is 31.5 Å². The van der Waals surface area contributed by atoms with E-state index in [0.29, 0.717) is 5.16 Å². The lowest BCUT2D eigenvalue weighted by Gasteiger charge is -2.11. The van der Waals surface area contributed by atoms with Crippen LogP contribution in [-0.2, 0) is 11.3 Å². The molecule has 29 heavy (non-hydrogen) atoms. The number of halogens is 1. The number of aryl methyl sites for hydroxylation is 1. The Kier molecular flexibility index (Phi) is 5.44. The summed E-state index contributed by atoms with van der Waals surface area (Å²) in [6.07, 6.45) is 0.960. The number of hydrogen-bond donors (Lipinski definition) is 1. The molecule has 0 aliphatic carbocycles. The van der Waals surface area contributed by atoms with Crippen LogP contribution in [0.5, 0.6) is 0 Å². The van der Waals surface area contributed by atoms with Crippen LogP contribution >= 0.6 is 11.8 Å². The molecule has 8 heteroatoms. The van der Waals surface area contributed by atoms with Crippen LogP contribution in [-0.4, -0.2) is 30.9 Å². The van der Waals surface area contributed by atoms with Crippen LogP contribution in [0.3, 0.4) is 0 Å². The number of fused-ring (bicyclic) bond motifs is 3. The van der Waals surface area contributed by atoms with E-state index in [2.05, 4.69) is 32.0 Å². The van der Waals surface area contributed by atoms with Gasteiger partial charge in [0.25, 0.3) is 0 Å². The van der Waals surface area contributed by atoms with Gasteiger partial charge in [0.15, 0.2) is 5.65 Å². The summed E-state index contributed by atoms with van der Waals surface area (Å²) < 4.78 is 15.9. The molecule has 1 amide bonds. The van der Waals surface area contributed by atoms with E-state index in [-0.39, 0.29) is 11.6 Å². The van der Waals surface area contributed by atoms with Gasteiger partial charge in [-0.3, -0.25) is 4.79 Å². The van der Waals surface area contributed by atoms with E-state index in [0.717, 1.165) is 35.0 Å². The number of carbonyl (C=O) groups excluding carboxylic acids is 1. The van der Waals surface area contributed by atoms with Crippen LogP contribution in [0, 0.1) is 5.82 Å². The molecule has 0 fully saturated rings. The maximum absolute atomic E-state index is 13.8. The Labute approximate surface area is 171 Å². The maximum atomic E-state index is 13.8. The van der Waals surface area contributed by atoms with Crippen LogP contribution in [0.15, 0.2) is 53.7 Å². The van der Waals surface area contributed by atoms with Crippen molar-refractivity contribution in [3.8, 4) is 0 Å². The molecule has 2 aromatic carbocycles. The maximum Gasteiger partial charge on any atom is 0.237 e. The van der Waals surface area contributed by atoms with E-state index >= 15 is 0 Å². The standard InChI is InChI=1S/C21H20FN5OS/c1-3-12-27-17-11-7-4-8-14(17)18-19(27)24-21(26-25-18)29-13(2)20(28)23-16-10-6-5-9-15(16)22/h4-11,13H,3,12H2,1-2H3,(H,23,28). The van der Waals surface area contributed by atoms with Crippen molar-refractivity contribution in [2.24, 2.45) is 0 Å². The molecule has 2 aromatic heterocycles. The molecule has 148 valence electrons. The monoisotopic (exact) mass is 409 g/mol. The number of benzene rings is 2.